The Morgan fingerprint density at radius 3 is 2.88 bits per heavy atom. The van der Waals surface area contributed by atoms with Gasteiger partial charge in [-0.25, -0.2) is 4.79 Å². The molecule has 0 amide bonds. The van der Waals surface area contributed by atoms with Crippen molar-refractivity contribution in [3.63, 3.8) is 0 Å². The molecule has 0 bridgehead atoms. The van der Waals surface area contributed by atoms with Crippen LogP contribution < -0.4 is 4.74 Å². The normalized spacial score (nSPS) is 18.6. The summed E-state index contributed by atoms with van der Waals surface area (Å²) in [7, 11) is 2.14. The summed E-state index contributed by atoms with van der Waals surface area (Å²) >= 11 is 0. The van der Waals surface area contributed by atoms with Crippen LogP contribution in [0, 0.1) is 0 Å². The predicted octanol–water partition coefficient (Wildman–Crippen LogP) is 1.74. The molecule has 0 spiro atoms. The zero-order chi connectivity index (χ0) is 18.5. The van der Waals surface area contributed by atoms with E-state index in [9.17, 15) is 4.79 Å². The van der Waals surface area contributed by atoms with Crippen LogP contribution in [0.25, 0.3) is 11.3 Å². The highest BCUT2D eigenvalue weighted by molar-refractivity contribution is 5.69. The van der Waals surface area contributed by atoms with Crippen LogP contribution in [0.4, 0.5) is 0 Å². The van der Waals surface area contributed by atoms with Gasteiger partial charge in [0, 0.05) is 55.7 Å². The monoisotopic (exact) mass is 356 g/mol. The zero-order valence-electron chi connectivity index (χ0n) is 15.1. The van der Waals surface area contributed by atoms with E-state index < -0.39 is 5.97 Å². The molecule has 26 heavy (non-hydrogen) atoms. The van der Waals surface area contributed by atoms with Gasteiger partial charge in [0.15, 0.2) is 6.61 Å². The van der Waals surface area contributed by atoms with Crippen LogP contribution in [0.15, 0.2) is 36.8 Å². The van der Waals surface area contributed by atoms with Crippen molar-refractivity contribution in [2.24, 2.45) is 0 Å². The summed E-state index contributed by atoms with van der Waals surface area (Å²) in [5.41, 5.74) is 2.69. The smallest absolute Gasteiger partial charge is 0.341 e. The molecule has 1 aliphatic rings. The topological polar surface area (TPSA) is 78.8 Å². The van der Waals surface area contributed by atoms with Gasteiger partial charge in [-0.1, -0.05) is 0 Å². The minimum absolute atomic E-state index is 0.351. The van der Waals surface area contributed by atoms with E-state index in [1.807, 2.05) is 18.2 Å². The molecule has 0 saturated carbocycles. The fraction of sp³-hybridized carbons (Fsp3) is 0.421. The van der Waals surface area contributed by atoms with Crippen LogP contribution in [0.2, 0.25) is 0 Å². The number of piperazine rings is 1. The van der Waals surface area contributed by atoms with Crippen LogP contribution in [0.1, 0.15) is 12.5 Å². The molecule has 2 heterocycles. The van der Waals surface area contributed by atoms with Gasteiger partial charge < -0.3 is 14.7 Å². The maximum Gasteiger partial charge on any atom is 0.341 e. The average Bonchev–Trinajstić information content (AvgIpc) is 2.64. The van der Waals surface area contributed by atoms with E-state index in [0.717, 1.165) is 36.5 Å². The van der Waals surface area contributed by atoms with Gasteiger partial charge in [0.1, 0.15) is 5.75 Å². The first-order chi connectivity index (χ1) is 12.5. The second-order valence-electron chi connectivity index (χ2n) is 6.66. The van der Waals surface area contributed by atoms with Gasteiger partial charge in [0.2, 0.25) is 0 Å². The number of carboxylic acids is 1. The molecule has 1 fully saturated rings. The maximum atomic E-state index is 10.9. The van der Waals surface area contributed by atoms with Gasteiger partial charge in [-0.3, -0.25) is 14.9 Å². The lowest BCUT2D eigenvalue weighted by molar-refractivity contribution is -0.139. The second kappa shape index (κ2) is 8.25. The summed E-state index contributed by atoms with van der Waals surface area (Å²) in [6, 6.07) is 6.21. The van der Waals surface area contributed by atoms with E-state index in [1.54, 1.807) is 18.6 Å². The maximum absolute atomic E-state index is 10.9. The highest BCUT2D eigenvalue weighted by Gasteiger charge is 2.22. The third-order valence-corrected chi connectivity index (χ3v) is 4.71. The first-order valence-corrected chi connectivity index (χ1v) is 8.69. The average molecular weight is 356 g/mol. The number of carbonyl (C=O) groups is 1. The molecule has 1 atom stereocenters. The summed E-state index contributed by atoms with van der Waals surface area (Å²) < 4.78 is 5.51. The Morgan fingerprint density at radius 1 is 1.35 bits per heavy atom. The number of carboxylic acid groups (broad SMARTS) is 1. The molecular formula is C19H24N4O3. The standard InChI is InChI=1S/C19H24N4O3/c1-14-11-23(8-7-22(14)2)12-16-9-15(17-10-20-5-6-21-17)3-4-18(16)26-13-19(24)25/h3-6,9-10,14H,7-8,11-13H2,1-2H3,(H,24,25)/t14-/m0/s1. The minimum Gasteiger partial charge on any atom is -0.482 e. The summed E-state index contributed by atoms with van der Waals surface area (Å²) in [6.07, 6.45) is 5.02. The van der Waals surface area contributed by atoms with Crippen molar-refractivity contribution in [3.05, 3.63) is 42.4 Å². The van der Waals surface area contributed by atoms with Crippen molar-refractivity contribution in [1.82, 2.24) is 19.8 Å². The van der Waals surface area contributed by atoms with Crippen LogP contribution in [0.3, 0.4) is 0 Å². The number of hydrogen-bond acceptors (Lipinski definition) is 6. The van der Waals surface area contributed by atoms with E-state index in [-0.39, 0.29) is 6.61 Å². The fourth-order valence-corrected chi connectivity index (χ4v) is 3.10. The Labute approximate surface area is 153 Å². The number of benzene rings is 1. The SMILES string of the molecule is C[C@H]1CN(Cc2cc(-c3cnccn3)ccc2OCC(=O)O)CCN1C. The molecule has 0 aliphatic carbocycles. The first kappa shape index (κ1) is 18.3. The second-order valence-corrected chi connectivity index (χ2v) is 6.66. The van der Waals surface area contributed by atoms with Gasteiger partial charge in [-0.05, 0) is 32.2 Å². The lowest BCUT2D eigenvalue weighted by Crippen LogP contribution is -2.49. The molecule has 1 aliphatic heterocycles. The summed E-state index contributed by atoms with van der Waals surface area (Å²) in [5.74, 6) is -0.381. The van der Waals surface area contributed by atoms with Crippen LogP contribution in [0.5, 0.6) is 5.75 Å². The molecule has 1 saturated heterocycles. The lowest BCUT2D eigenvalue weighted by atomic mass is 10.1. The highest BCUT2D eigenvalue weighted by Crippen LogP contribution is 2.27. The zero-order valence-corrected chi connectivity index (χ0v) is 15.1. The molecule has 3 rings (SSSR count). The van der Waals surface area contributed by atoms with Gasteiger partial charge in [-0.2, -0.15) is 0 Å². The number of rotatable bonds is 6. The molecule has 1 aromatic carbocycles. The number of ether oxygens (including phenoxy) is 1. The Kier molecular flexibility index (Phi) is 5.80. The van der Waals surface area contributed by atoms with Crippen molar-refractivity contribution >= 4 is 5.97 Å². The minimum atomic E-state index is -0.984. The van der Waals surface area contributed by atoms with Crippen LogP contribution in [-0.2, 0) is 11.3 Å². The predicted molar refractivity (Wildman–Crippen MR) is 98.0 cm³/mol. The summed E-state index contributed by atoms with van der Waals surface area (Å²) in [4.78, 5) is 24.1. The number of hydrogen-bond donors (Lipinski definition) is 1. The molecule has 2 aromatic rings. The Bertz CT molecular complexity index is 754. The summed E-state index contributed by atoms with van der Waals surface area (Å²) in [5, 5.41) is 8.92. The highest BCUT2D eigenvalue weighted by atomic mass is 16.5. The van der Waals surface area contributed by atoms with E-state index in [1.165, 1.54) is 0 Å². The van der Waals surface area contributed by atoms with Crippen LogP contribution in [-0.4, -0.2) is 70.2 Å². The number of likely N-dealkylation sites (N-methyl/N-ethyl adjacent to an activating group) is 1. The van der Waals surface area contributed by atoms with E-state index in [4.69, 9.17) is 9.84 Å². The van der Waals surface area contributed by atoms with Gasteiger partial charge in [0.25, 0.3) is 0 Å². The lowest BCUT2D eigenvalue weighted by Gasteiger charge is -2.37. The van der Waals surface area contributed by atoms with E-state index >= 15 is 0 Å². The fourth-order valence-electron chi connectivity index (χ4n) is 3.10. The molecule has 0 unspecified atom stereocenters. The first-order valence-electron chi connectivity index (χ1n) is 8.69. The van der Waals surface area contributed by atoms with Gasteiger partial charge in [-0.15, -0.1) is 0 Å². The number of aliphatic carboxylic acids is 1. The third-order valence-electron chi connectivity index (χ3n) is 4.71. The molecular weight excluding hydrogens is 332 g/mol. The molecule has 1 N–H and O–H groups in total. The Balaban J connectivity index is 1.84. The molecule has 1 aromatic heterocycles. The van der Waals surface area contributed by atoms with Crippen molar-refractivity contribution in [2.75, 3.05) is 33.3 Å². The van der Waals surface area contributed by atoms with Crippen molar-refractivity contribution in [1.29, 1.82) is 0 Å². The number of nitrogens with zero attached hydrogens (tertiary/aromatic N) is 4. The molecule has 7 nitrogen and oxygen atoms in total. The van der Waals surface area contributed by atoms with Gasteiger partial charge >= 0.3 is 5.97 Å². The van der Waals surface area contributed by atoms with Crippen molar-refractivity contribution < 1.29 is 14.6 Å². The van der Waals surface area contributed by atoms with E-state index in [2.05, 4.69) is 33.7 Å². The molecule has 7 heteroatoms. The van der Waals surface area contributed by atoms with E-state index in [0.29, 0.717) is 18.3 Å². The quantitative estimate of drug-likeness (QED) is 0.844. The Hall–Kier alpha value is -2.51. The van der Waals surface area contributed by atoms with Gasteiger partial charge in [0.05, 0.1) is 11.9 Å². The largest absolute Gasteiger partial charge is 0.482 e. The summed E-state index contributed by atoms with van der Waals surface area (Å²) in [6.45, 7) is 5.51. The molecule has 0 radical (unpaired) electrons. The third kappa shape index (κ3) is 4.56. The number of aromatic nitrogens is 2. The van der Waals surface area contributed by atoms with Crippen molar-refractivity contribution in [2.45, 2.75) is 19.5 Å². The Morgan fingerprint density at radius 2 is 2.19 bits per heavy atom. The van der Waals surface area contributed by atoms with Crippen molar-refractivity contribution in [3.8, 4) is 17.0 Å². The van der Waals surface area contributed by atoms with Crippen LogP contribution >= 0.6 is 0 Å². The molecule has 138 valence electrons.